The summed E-state index contributed by atoms with van der Waals surface area (Å²) in [6, 6.07) is 15.2. The zero-order chi connectivity index (χ0) is 20.7. The Morgan fingerprint density at radius 2 is 1.66 bits per heavy atom. The second-order valence-electron chi connectivity index (χ2n) is 7.61. The van der Waals surface area contributed by atoms with Crippen LogP contribution in [-0.2, 0) is 11.3 Å². The normalized spacial score (nSPS) is 14.3. The third-order valence-electron chi connectivity index (χ3n) is 5.75. The SMILES string of the molecule is Cc1nc2n(CCN3CCOCC3)c3ccccc3n2c1C(=O)c1ccc(Cl)cc1.Cl.Cl. The maximum Gasteiger partial charge on any atom is 0.215 e. The number of fused-ring (bicyclic) bond motifs is 3. The Morgan fingerprint density at radius 3 is 2.34 bits per heavy atom. The summed E-state index contributed by atoms with van der Waals surface area (Å²) >= 11 is 6.00. The molecule has 1 fully saturated rings. The number of ether oxygens (including phenoxy) is 1. The lowest BCUT2D eigenvalue weighted by Gasteiger charge is -2.26. The van der Waals surface area contributed by atoms with Crippen LogP contribution in [0, 0.1) is 6.92 Å². The summed E-state index contributed by atoms with van der Waals surface area (Å²) < 4.78 is 9.68. The van der Waals surface area contributed by atoms with Crippen LogP contribution in [-0.4, -0.2) is 57.5 Å². The summed E-state index contributed by atoms with van der Waals surface area (Å²) in [7, 11) is 0. The molecule has 4 aromatic rings. The van der Waals surface area contributed by atoms with Gasteiger partial charge in [0.2, 0.25) is 11.6 Å². The van der Waals surface area contributed by atoms with Crippen molar-refractivity contribution < 1.29 is 9.53 Å². The van der Waals surface area contributed by atoms with E-state index >= 15 is 0 Å². The molecule has 170 valence electrons. The minimum atomic E-state index is -0.0484. The molecular formula is C23H25Cl3N4O2. The zero-order valence-corrected chi connectivity index (χ0v) is 20.1. The highest BCUT2D eigenvalue weighted by molar-refractivity contribution is 6.30. The van der Waals surface area contributed by atoms with Gasteiger partial charge in [-0.25, -0.2) is 4.98 Å². The number of benzene rings is 2. The van der Waals surface area contributed by atoms with Crippen LogP contribution in [0.4, 0.5) is 0 Å². The average Bonchev–Trinajstić information content (AvgIpc) is 3.26. The van der Waals surface area contributed by atoms with E-state index in [9.17, 15) is 4.79 Å². The molecule has 0 atom stereocenters. The van der Waals surface area contributed by atoms with Crippen molar-refractivity contribution in [2.24, 2.45) is 0 Å². The molecule has 0 unspecified atom stereocenters. The smallest absolute Gasteiger partial charge is 0.215 e. The van der Waals surface area contributed by atoms with Crippen LogP contribution in [0.1, 0.15) is 21.7 Å². The van der Waals surface area contributed by atoms with Crippen LogP contribution in [0.15, 0.2) is 48.5 Å². The van der Waals surface area contributed by atoms with E-state index in [0.29, 0.717) is 16.3 Å². The number of hydrogen-bond donors (Lipinski definition) is 0. The van der Waals surface area contributed by atoms with Crippen LogP contribution in [0.5, 0.6) is 0 Å². The first kappa shape index (κ1) is 24.6. The molecule has 0 N–H and O–H groups in total. The summed E-state index contributed by atoms with van der Waals surface area (Å²) in [5, 5.41) is 0.612. The average molecular weight is 496 g/mol. The first-order valence-electron chi connectivity index (χ1n) is 10.2. The fraction of sp³-hybridized carbons (Fsp3) is 0.304. The van der Waals surface area contributed by atoms with Crippen molar-refractivity contribution in [2.75, 3.05) is 32.8 Å². The largest absolute Gasteiger partial charge is 0.379 e. The summed E-state index contributed by atoms with van der Waals surface area (Å²) in [6.45, 7) is 7.09. The molecule has 1 aliphatic rings. The molecule has 2 aromatic heterocycles. The number of nitrogens with zero attached hydrogens (tertiary/aromatic N) is 4. The Morgan fingerprint density at radius 1 is 1.00 bits per heavy atom. The summed E-state index contributed by atoms with van der Waals surface area (Å²) in [4.78, 5) is 20.6. The molecule has 3 heterocycles. The van der Waals surface area contributed by atoms with E-state index < -0.39 is 0 Å². The number of aromatic nitrogens is 3. The van der Waals surface area contributed by atoms with Crippen molar-refractivity contribution >= 4 is 59.0 Å². The Balaban J connectivity index is 0.00000144. The van der Waals surface area contributed by atoms with E-state index in [1.54, 1.807) is 24.3 Å². The lowest BCUT2D eigenvalue weighted by molar-refractivity contribution is 0.0366. The quantitative estimate of drug-likeness (QED) is 0.378. The number of morpholine rings is 1. The molecule has 32 heavy (non-hydrogen) atoms. The van der Waals surface area contributed by atoms with Gasteiger partial charge in [0, 0.05) is 36.8 Å². The van der Waals surface area contributed by atoms with Gasteiger partial charge < -0.3 is 9.30 Å². The van der Waals surface area contributed by atoms with Gasteiger partial charge in [-0.3, -0.25) is 14.1 Å². The molecule has 2 aromatic carbocycles. The maximum absolute atomic E-state index is 13.4. The molecule has 0 aliphatic carbocycles. The first-order valence-corrected chi connectivity index (χ1v) is 10.6. The van der Waals surface area contributed by atoms with Crippen LogP contribution in [0.3, 0.4) is 0 Å². The van der Waals surface area contributed by atoms with Gasteiger partial charge in [-0.15, -0.1) is 24.8 Å². The summed E-state index contributed by atoms with van der Waals surface area (Å²) in [6.07, 6.45) is 0. The topological polar surface area (TPSA) is 51.8 Å². The molecular weight excluding hydrogens is 471 g/mol. The van der Waals surface area contributed by atoms with Crippen LogP contribution in [0.2, 0.25) is 5.02 Å². The Kier molecular flexibility index (Phi) is 7.85. The third-order valence-corrected chi connectivity index (χ3v) is 6.01. The van der Waals surface area contributed by atoms with Crippen molar-refractivity contribution in [1.82, 2.24) is 18.9 Å². The number of carbonyl (C=O) groups is 1. The predicted octanol–water partition coefficient (Wildman–Crippen LogP) is 4.66. The molecule has 0 amide bonds. The Hall–Kier alpha value is -2.09. The molecule has 0 saturated carbocycles. The van der Waals surface area contributed by atoms with Gasteiger partial charge in [0.05, 0.1) is 29.9 Å². The van der Waals surface area contributed by atoms with Crippen molar-refractivity contribution in [1.29, 1.82) is 0 Å². The fourth-order valence-corrected chi connectivity index (χ4v) is 4.33. The number of rotatable bonds is 5. The number of halogens is 3. The molecule has 1 saturated heterocycles. The number of imidazole rings is 2. The highest BCUT2D eigenvalue weighted by Gasteiger charge is 2.24. The molecule has 9 heteroatoms. The summed E-state index contributed by atoms with van der Waals surface area (Å²) in [5.41, 5.74) is 4.02. The second-order valence-corrected chi connectivity index (χ2v) is 8.05. The van der Waals surface area contributed by atoms with Crippen molar-refractivity contribution in [3.63, 3.8) is 0 Å². The van der Waals surface area contributed by atoms with E-state index in [-0.39, 0.29) is 30.6 Å². The fourth-order valence-electron chi connectivity index (χ4n) is 4.20. The van der Waals surface area contributed by atoms with E-state index in [4.69, 9.17) is 21.3 Å². The van der Waals surface area contributed by atoms with Gasteiger partial charge in [-0.05, 0) is 43.3 Å². The minimum Gasteiger partial charge on any atom is -0.379 e. The molecule has 1 aliphatic heterocycles. The predicted molar refractivity (Wildman–Crippen MR) is 132 cm³/mol. The van der Waals surface area contributed by atoms with Gasteiger partial charge in [-0.1, -0.05) is 23.7 Å². The van der Waals surface area contributed by atoms with Gasteiger partial charge in [0.25, 0.3) is 0 Å². The molecule has 0 spiro atoms. The van der Waals surface area contributed by atoms with Crippen molar-refractivity contribution in [3.05, 3.63) is 70.5 Å². The molecule has 0 bridgehead atoms. The minimum absolute atomic E-state index is 0. The Labute approximate surface area is 203 Å². The van der Waals surface area contributed by atoms with Gasteiger partial charge in [0.15, 0.2) is 0 Å². The van der Waals surface area contributed by atoms with Crippen LogP contribution in [0.25, 0.3) is 16.8 Å². The highest BCUT2D eigenvalue weighted by atomic mass is 35.5. The lowest BCUT2D eigenvalue weighted by atomic mass is 10.1. The number of aryl methyl sites for hydroxylation is 1. The Bertz CT molecular complexity index is 1230. The molecule has 5 rings (SSSR count). The number of ketones is 1. The zero-order valence-electron chi connectivity index (χ0n) is 17.7. The monoisotopic (exact) mass is 494 g/mol. The number of hydrogen-bond acceptors (Lipinski definition) is 4. The van der Waals surface area contributed by atoms with Crippen molar-refractivity contribution in [3.8, 4) is 0 Å². The van der Waals surface area contributed by atoms with Crippen molar-refractivity contribution in [2.45, 2.75) is 13.5 Å². The van der Waals surface area contributed by atoms with E-state index in [1.165, 1.54) is 0 Å². The van der Waals surface area contributed by atoms with E-state index in [0.717, 1.165) is 61.9 Å². The second kappa shape index (κ2) is 10.2. The summed E-state index contributed by atoms with van der Waals surface area (Å²) in [5.74, 6) is 0.757. The number of para-hydroxylation sites is 2. The maximum atomic E-state index is 13.4. The highest BCUT2D eigenvalue weighted by Crippen LogP contribution is 2.26. The molecule has 6 nitrogen and oxygen atoms in total. The van der Waals surface area contributed by atoms with Crippen LogP contribution < -0.4 is 0 Å². The first-order chi connectivity index (χ1) is 14.6. The van der Waals surface area contributed by atoms with E-state index in [2.05, 4.69) is 15.5 Å². The van der Waals surface area contributed by atoms with Gasteiger partial charge in [-0.2, -0.15) is 0 Å². The van der Waals surface area contributed by atoms with Gasteiger partial charge >= 0.3 is 0 Å². The van der Waals surface area contributed by atoms with Gasteiger partial charge in [0.1, 0.15) is 5.69 Å². The third kappa shape index (κ3) is 4.38. The van der Waals surface area contributed by atoms with Crippen LogP contribution >= 0.6 is 36.4 Å². The number of carbonyl (C=O) groups excluding carboxylic acids is 1. The molecule has 0 radical (unpaired) electrons. The standard InChI is InChI=1S/C23H23ClN4O2.2ClH/c1-16-21(22(29)17-6-8-18(24)9-7-17)28-20-5-3-2-4-19(20)27(23(28)25-16)11-10-26-12-14-30-15-13-26;;/h2-9H,10-15H2,1H3;2*1H. The van der Waals surface area contributed by atoms with E-state index in [1.807, 2.05) is 29.5 Å². The lowest BCUT2D eigenvalue weighted by Crippen LogP contribution is -2.38.